The summed E-state index contributed by atoms with van der Waals surface area (Å²) in [6.45, 7) is 3.78. The summed E-state index contributed by atoms with van der Waals surface area (Å²) in [5.74, 6) is 0.203. The van der Waals surface area contributed by atoms with Crippen molar-refractivity contribution in [2.75, 3.05) is 5.73 Å². The van der Waals surface area contributed by atoms with Crippen LogP contribution < -0.4 is 5.73 Å². The van der Waals surface area contributed by atoms with Gasteiger partial charge < -0.3 is 5.73 Å². The molecular formula is C19H14N4. The van der Waals surface area contributed by atoms with Crippen molar-refractivity contribution < 1.29 is 0 Å². The van der Waals surface area contributed by atoms with E-state index in [2.05, 4.69) is 22.6 Å². The van der Waals surface area contributed by atoms with Crippen LogP contribution in [0.2, 0.25) is 0 Å². The first-order chi connectivity index (χ1) is 11.2. The second kappa shape index (κ2) is 6.12. The molecule has 0 saturated carbocycles. The van der Waals surface area contributed by atoms with Crippen molar-refractivity contribution in [1.82, 2.24) is 9.97 Å². The fourth-order valence-electron chi connectivity index (χ4n) is 2.39. The summed E-state index contributed by atoms with van der Waals surface area (Å²) in [4.78, 5) is 8.61. The Morgan fingerprint density at radius 3 is 2.65 bits per heavy atom. The second-order valence-electron chi connectivity index (χ2n) is 4.97. The van der Waals surface area contributed by atoms with Crippen LogP contribution in [0.1, 0.15) is 11.1 Å². The zero-order valence-electron chi connectivity index (χ0n) is 12.4. The van der Waals surface area contributed by atoms with Gasteiger partial charge in [0.15, 0.2) is 0 Å². The monoisotopic (exact) mass is 298 g/mol. The first-order valence-corrected chi connectivity index (χ1v) is 7.08. The van der Waals surface area contributed by atoms with Gasteiger partial charge in [-0.15, -0.1) is 0 Å². The highest BCUT2D eigenvalue weighted by Gasteiger charge is 2.14. The number of pyridine rings is 2. The number of hydrogen-bond acceptors (Lipinski definition) is 4. The molecule has 4 heteroatoms. The van der Waals surface area contributed by atoms with Gasteiger partial charge in [-0.05, 0) is 35.4 Å². The highest BCUT2D eigenvalue weighted by molar-refractivity contribution is 5.80. The maximum atomic E-state index is 9.44. The van der Waals surface area contributed by atoms with E-state index < -0.39 is 0 Å². The second-order valence-corrected chi connectivity index (χ2v) is 4.97. The molecular weight excluding hydrogens is 284 g/mol. The number of aromatic nitrogens is 2. The minimum atomic E-state index is 0.203. The molecule has 2 N–H and O–H groups in total. The van der Waals surface area contributed by atoms with E-state index in [0.29, 0.717) is 17.0 Å². The Labute approximate surface area is 134 Å². The molecule has 0 unspecified atom stereocenters. The van der Waals surface area contributed by atoms with Gasteiger partial charge in [0.05, 0.1) is 11.4 Å². The van der Waals surface area contributed by atoms with Gasteiger partial charge in [-0.2, -0.15) is 5.26 Å². The Bertz CT molecular complexity index is 908. The summed E-state index contributed by atoms with van der Waals surface area (Å²) < 4.78 is 0. The molecule has 0 amide bonds. The fourth-order valence-corrected chi connectivity index (χ4v) is 2.39. The van der Waals surface area contributed by atoms with Crippen LogP contribution in [0.3, 0.4) is 0 Å². The summed E-state index contributed by atoms with van der Waals surface area (Å²) >= 11 is 0. The Morgan fingerprint density at radius 2 is 1.96 bits per heavy atom. The topological polar surface area (TPSA) is 75.6 Å². The Balaban J connectivity index is 2.24. The summed E-state index contributed by atoms with van der Waals surface area (Å²) in [7, 11) is 0. The van der Waals surface area contributed by atoms with Gasteiger partial charge >= 0.3 is 0 Å². The number of benzene rings is 1. The molecule has 0 aliphatic rings. The molecule has 3 rings (SSSR count). The lowest BCUT2D eigenvalue weighted by Gasteiger charge is -2.10. The van der Waals surface area contributed by atoms with E-state index in [1.165, 1.54) is 0 Å². The number of nitrogen functional groups attached to an aromatic ring is 1. The zero-order valence-corrected chi connectivity index (χ0v) is 12.4. The van der Waals surface area contributed by atoms with Gasteiger partial charge in [0, 0.05) is 11.8 Å². The molecule has 0 aliphatic carbocycles. The van der Waals surface area contributed by atoms with Gasteiger partial charge in [-0.25, -0.2) is 4.98 Å². The first-order valence-electron chi connectivity index (χ1n) is 7.08. The summed E-state index contributed by atoms with van der Waals surface area (Å²) in [5, 5.41) is 9.44. The molecule has 0 saturated heterocycles. The number of nitrogens with two attached hydrogens (primary N) is 1. The Morgan fingerprint density at radius 1 is 1.09 bits per heavy atom. The van der Waals surface area contributed by atoms with Gasteiger partial charge in [0.25, 0.3) is 0 Å². The third kappa shape index (κ3) is 2.81. The highest BCUT2D eigenvalue weighted by Crippen LogP contribution is 2.31. The van der Waals surface area contributed by atoms with Crippen LogP contribution in [-0.2, 0) is 0 Å². The van der Waals surface area contributed by atoms with E-state index in [0.717, 1.165) is 16.7 Å². The van der Waals surface area contributed by atoms with Crippen molar-refractivity contribution in [3.05, 3.63) is 72.4 Å². The fraction of sp³-hybridized carbons (Fsp3) is 0. The Hall–Kier alpha value is -3.45. The molecule has 0 fully saturated rings. The third-order valence-corrected chi connectivity index (χ3v) is 3.52. The average Bonchev–Trinajstić information content (AvgIpc) is 2.61. The van der Waals surface area contributed by atoms with Crippen LogP contribution in [0, 0.1) is 11.3 Å². The molecule has 3 aromatic rings. The van der Waals surface area contributed by atoms with Gasteiger partial charge in [0.1, 0.15) is 17.5 Å². The van der Waals surface area contributed by atoms with Gasteiger partial charge in [-0.3, -0.25) is 4.98 Å². The smallest absolute Gasteiger partial charge is 0.142 e. The number of rotatable bonds is 3. The van der Waals surface area contributed by atoms with Crippen LogP contribution in [0.4, 0.5) is 5.82 Å². The lowest BCUT2D eigenvalue weighted by atomic mass is 9.98. The zero-order chi connectivity index (χ0) is 16.2. The quantitative estimate of drug-likeness (QED) is 0.795. The van der Waals surface area contributed by atoms with Crippen molar-refractivity contribution in [1.29, 1.82) is 5.26 Å². The molecule has 0 atom stereocenters. The molecule has 2 aromatic heterocycles. The number of nitriles is 1. The molecule has 0 bridgehead atoms. The van der Waals surface area contributed by atoms with Crippen LogP contribution in [0.25, 0.3) is 28.6 Å². The van der Waals surface area contributed by atoms with E-state index in [9.17, 15) is 5.26 Å². The minimum Gasteiger partial charge on any atom is -0.383 e. The van der Waals surface area contributed by atoms with Crippen molar-refractivity contribution in [2.45, 2.75) is 0 Å². The molecule has 110 valence electrons. The number of nitrogens with zero attached hydrogens (tertiary/aromatic N) is 3. The van der Waals surface area contributed by atoms with Crippen LogP contribution in [0.5, 0.6) is 0 Å². The summed E-state index contributed by atoms with van der Waals surface area (Å²) in [5.41, 5.74) is 10.3. The third-order valence-electron chi connectivity index (χ3n) is 3.52. The van der Waals surface area contributed by atoms with Crippen molar-refractivity contribution in [3.8, 4) is 28.6 Å². The molecule has 4 nitrogen and oxygen atoms in total. The molecule has 0 radical (unpaired) electrons. The van der Waals surface area contributed by atoms with Crippen LogP contribution in [-0.4, -0.2) is 9.97 Å². The average molecular weight is 298 g/mol. The molecule has 1 aromatic carbocycles. The SMILES string of the molecule is C=Cc1cccc(-c2cc(-c3ccccn3)nc(N)c2C#N)c1. The number of anilines is 1. The van der Waals surface area contributed by atoms with Crippen molar-refractivity contribution >= 4 is 11.9 Å². The van der Waals surface area contributed by atoms with Gasteiger partial charge in [-0.1, -0.05) is 36.9 Å². The Kier molecular flexibility index (Phi) is 3.86. The maximum Gasteiger partial charge on any atom is 0.142 e. The maximum absolute atomic E-state index is 9.44. The van der Waals surface area contributed by atoms with E-state index >= 15 is 0 Å². The number of hydrogen-bond donors (Lipinski definition) is 1. The first kappa shape index (κ1) is 14.5. The predicted molar refractivity (Wildman–Crippen MR) is 92.1 cm³/mol. The normalized spacial score (nSPS) is 10.0. The molecule has 23 heavy (non-hydrogen) atoms. The summed E-state index contributed by atoms with van der Waals surface area (Å²) in [6.07, 6.45) is 3.46. The van der Waals surface area contributed by atoms with E-state index in [-0.39, 0.29) is 5.82 Å². The van der Waals surface area contributed by atoms with Gasteiger partial charge in [0.2, 0.25) is 0 Å². The molecule has 0 aliphatic heterocycles. The van der Waals surface area contributed by atoms with E-state index in [1.807, 2.05) is 48.5 Å². The molecule has 0 spiro atoms. The lowest BCUT2D eigenvalue weighted by Crippen LogP contribution is -2.00. The lowest BCUT2D eigenvalue weighted by molar-refractivity contribution is 1.24. The van der Waals surface area contributed by atoms with E-state index in [4.69, 9.17) is 5.73 Å². The molecule has 2 heterocycles. The van der Waals surface area contributed by atoms with Crippen LogP contribution >= 0.6 is 0 Å². The largest absolute Gasteiger partial charge is 0.383 e. The van der Waals surface area contributed by atoms with E-state index in [1.54, 1.807) is 12.3 Å². The minimum absolute atomic E-state index is 0.203. The van der Waals surface area contributed by atoms with Crippen molar-refractivity contribution in [2.24, 2.45) is 0 Å². The van der Waals surface area contributed by atoms with Crippen molar-refractivity contribution in [3.63, 3.8) is 0 Å². The highest BCUT2D eigenvalue weighted by atomic mass is 14.9. The standard InChI is InChI=1S/C19H14N4/c1-2-13-6-5-7-14(10-13)15-11-18(17-8-3-4-9-22-17)23-19(21)16(15)12-20/h2-11H,1H2,(H2,21,23). The predicted octanol–water partition coefficient (Wildman–Crippen LogP) is 3.91. The summed E-state index contributed by atoms with van der Waals surface area (Å²) in [6, 6.07) is 17.3. The van der Waals surface area contributed by atoms with Crippen LogP contribution in [0.15, 0.2) is 61.3 Å².